The molecule has 2 heterocycles. The van der Waals surface area contributed by atoms with Crippen LogP contribution in [0.4, 0.5) is 0 Å². The fourth-order valence-electron chi connectivity index (χ4n) is 3.80. The molecule has 1 aliphatic heterocycles. The van der Waals surface area contributed by atoms with Gasteiger partial charge in [0.2, 0.25) is 6.79 Å². The molecule has 0 saturated carbocycles. The number of para-hydroxylation sites is 1. The van der Waals surface area contributed by atoms with E-state index in [1.807, 2.05) is 60.7 Å². The summed E-state index contributed by atoms with van der Waals surface area (Å²) in [4.78, 5) is 27.3. The van der Waals surface area contributed by atoms with E-state index in [9.17, 15) is 9.59 Å². The molecule has 4 aromatic rings. The molecule has 2 amide bonds. The molecular weight excluding hydrogens is 474 g/mol. The lowest BCUT2D eigenvalue weighted by atomic mass is 10.2. The van der Waals surface area contributed by atoms with Gasteiger partial charge in [-0.2, -0.15) is 0 Å². The van der Waals surface area contributed by atoms with Gasteiger partial charge in [0.05, 0.1) is 6.54 Å². The number of ether oxygens (including phenoxy) is 3. The van der Waals surface area contributed by atoms with Gasteiger partial charge >= 0.3 is 0 Å². The highest BCUT2D eigenvalue weighted by atomic mass is 16.7. The number of nitrogens with one attached hydrogen (secondary N) is 1. The van der Waals surface area contributed by atoms with Crippen molar-refractivity contribution in [3.63, 3.8) is 0 Å². The molecule has 0 bridgehead atoms. The summed E-state index contributed by atoms with van der Waals surface area (Å²) in [6.07, 6.45) is 0. The Morgan fingerprint density at radius 1 is 0.865 bits per heavy atom. The molecule has 9 nitrogen and oxygen atoms in total. The number of nitrogens with zero attached hydrogens (tertiary/aromatic N) is 2. The summed E-state index contributed by atoms with van der Waals surface area (Å²) in [5.41, 5.74) is 1.94. The summed E-state index contributed by atoms with van der Waals surface area (Å²) in [7, 11) is 0. The van der Waals surface area contributed by atoms with Gasteiger partial charge in [0, 0.05) is 19.2 Å². The molecule has 0 fully saturated rings. The van der Waals surface area contributed by atoms with E-state index >= 15 is 0 Å². The number of hydrogen-bond acceptors (Lipinski definition) is 7. The quantitative estimate of drug-likeness (QED) is 0.353. The number of carbonyl (C=O) groups is 2. The topological polar surface area (TPSA) is 103 Å². The summed E-state index contributed by atoms with van der Waals surface area (Å²) in [5, 5.41) is 6.71. The number of benzene rings is 3. The number of fused-ring (bicyclic) bond motifs is 1. The smallest absolute Gasteiger partial charge is 0.273 e. The van der Waals surface area contributed by atoms with Crippen molar-refractivity contribution in [1.29, 1.82) is 0 Å². The monoisotopic (exact) mass is 499 g/mol. The highest BCUT2D eigenvalue weighted by Gasteiger charge is 2.20. The zero-order valence-corrected chi connectivity index (χ0v) is 20.0. The molecule has 0 spiro atoms. The van der Waals surface area contributed by atoms with Crippen LogP contribution in [0.3, 0.4) is 0 Å². The van der Waals surface area contributed by atoms with Gasteiger partial charge < -0.3 is 29.0 Å². The average molecular weight is 500 g/mol. The maximum atomic E-state index is 13.0. The Morgan fingerprint density at radius 2 is 1.62 bits per heavy atom. The summed E-state index contributed by atoms with van der Waals surface area (Å²) in [6, 6.07) is 25.8. The first kappa shape index (κ1) is 23.9. The van der Waals surface area contributed by atoms with E-state index in [0.29, 0.717) is 29.6 Å². The van der Waals surface area contributed by atoms with E-state index in [1.165, 1.54) is 6.07 Å². The van der Waals surface area contributed by atoms with Crippen molar-refractivity contribution in [2.45, 2.75) is 19.6 Å². The summed E-state index contributed by atoms with van der Waals surface area (Å²) >= 11 is 0. The third-order valence-electron chi connectivity index (χ3n) is 5.70. The maximum Gasteiger partial charge on any atom is 0.273 e. The van der Waals surface area contributed by atoms with Crippen LogP contribution in [0.25, 0.3) is 0 Å². The Kier molecular flexibility index (Phi) is 7.31. The molecule has 9 heteroatoms. The molecule has 0 aliphatic carbocycles. The van der Waals surface area contributed by atoms with Gasteiger partial charge in [-0.3, -0.25) is 9.59 Å². The van der Waals surface area contributed by atoms with Crippen molar-refractivity contribution in [2.75, 3.05) is 13.4 Å². The van der Waals surface area contributed by atoms with Crippen LogP contribution in [0, 0.1) is 0 Å². The first-order valence-electron chi connectivity index (χ1n) is 11.8. The van der Waals surface area contributed by atoms with Gasteiger partial charge in [-0.1, -0.05) is 59.8 Å². The molecule has 1 aromatic heterocycles. The number of hydrogen-bond donors (Lipinski definition) is 1. The standard InChI is InChI=1S/C28H25N3O6/c32-27(18-34-22-9-5-2-6-10-22)31(16-20-7-3-1-4-8-20)17-23-14-24(30-37-23)28(33)29-15-21-11-12-25-26(13-21)36-19-35-25/h1-14H,15-19H2,(H,29,33). The second kappa shape index (κ2) is 11.3. The molecule has 1 aliphatic rings. The van der Waals surface area contributed by atoms with E-state index in [4.69, 9.17) is 18.7 Å². The van der Waals surface area contributed by atoms with Crippen LogP contribution in [0.15, 0.2) is 89.5 Å². The fourth-order valence-corrected chi connectivity index (χ4v) is 3.80. The highest BCUT2D eigenvalue weighted by molar-refractivity contribution is 5.92. The van der Waals surface area contributed by atoms with Gasteiger partial charge in [0.15, 0.2) is 29.6 Å². The Morgan fingerprint density at radius 3 is 2.43 bits per heavy atom. The van der Waals surface area contributed by atoms with Crippen LogP contribution < -0.4 is 19.5 Å². The van der Waals surface area contributed by atoms with Crippen molar-refractivity contribution >= 4 is 11.8 Å². The van der Waals surface area contributed by atoms with Crippen molar-refractivity contribution in [1.82, 2.24) is 15.4 Å². The number of aromatic nitrogens is 1. The van der Waals surface area contributed by atoms with E-state index in [1.54, 1.807) is 23.1 Å². The van der Waals surface area contributed by atoms with E-state index < -0.39 is 0 Å². The molecular formula is C28H25N3O6. The predicted octanol–water partition coefficient (Wildman–Crippen LogP) is 3.94. The Bertz CT molecular complexity index is 1360. The van der Waals surface area contributed by atoms with Crippen molar-refractivity contribution in [2.24, 2.45) is 0 Å². The minimum absolute atomic E-state index is 0.128. The zero-order valence-electron chi connectivity index (χ0n) is 20.0. The van der Waals surface area contributed by atoms with Gasteiger partial charge in [-0.25, -0.2) is 0 Å². The normalized spacial score (nSPS) is 11.7. The minimum atomic E-state index is -0.388. The Balaban J connectivity index is 1.21. The average Bonchev–Trinajstić information content (AvgIpc) is 3.60. The largest absolute Gasteiger partial charge is 0.484 e. The van der Waals surface area contributed by atoms with Crippen molar-refractivity contribution < 1.29 is 28.3 Å². The van der Waals surface area contributed by atoms with Crippen LogP contribution >= 0.6 is 0 Å². The fraction of sp³-hybridized carbons (Fsp3) is 0.179. The molecule has 0 radical (unpaired) electrons. The second-order valence-electron chi connectivity index (χ2n) is 8.39. The van der Waals surface area contributed by atoms with E-state index in [2.05, 4.69) is 10.5 Å². The molecule has 3 aromatic carbocycles. The highest BCUT2D eigenvalue weighted by Crippen LogP contribution is 2.32. The van der Waals surface area contributed by atoms with Crippen LogP contribution in [-0.4, -0.2) is 35.3 Å². The molecule has 5 rings (SSSR count). The molecule has 0 atom stereocenters. The minimum Gasteiger partial charge on any atom is -0.484 e. The third-order valence-corrected chi connectivity index (χ3v) is 5.70. The molecule has 188 valence electrons. The van der Waals surface area contributed by atoms with Crippen LogP contribution in [0.1, 0.15) is 27.4 Å². The van der Waals surface area contributed by atoms with Crippen LogP contribution in [0.2, 0.25) is 0 Å². The maximum absolute atomic E-state index is 13.0. The van der Waals surface area contributed by atoms with E-state index in [0.717, 1.165) is 11.1 Å². The number of carbonyl (C=O) groups excluding carboxylic acids is 2. The number of amides is 2. The molecule has 0 unspecified atom stereocenters. The van der Waals surface area contributed by atoms with Gasteiger partial charge in [0.1, 0.15) is 5.75 Å². The zero-order chi connectivity index (χ0) is 25.5. The second-order valence-corrected chi connectivity index (χ2v) is 8.39. The van der Waals surface area contributed by atoms with Gasteiger partial charge in [-0.15, -0.1) is 0 Å². The summed E-state index contributed by atoms with van der Waals surface area (Å²) in [5.74, 6) is 1.71. The molecule has 1 N–H and O–H groups in total. The first-order chi connectivity index (χ1) is 18.1. The van der Waals surface area contributed by atoms with Crippen molar-refractivity contribution in [3.05, 3.63) is 108 Å². The summed E-state index contributed by atoms with van der Waals surface area (Å²) < 4.78 is 21.7. The lowest BCUT2D eigenvalue weighted by molar-refractivity contribution is -0.135. The lowest BCUT2D eigenvalue weighted by Gasteiger charge is -2.21. The number of rotatable bonds is 10. The van der Waals surface area contributed by atoms with Crippen LogP contribution in [0.5, 0.6) is 17.2 Å². The Hall–Kier alpha value is -4.79. The Labute approximate surface area is 213 Å². The SMILES string of the molecule is O=C(NCc1ccc2c(c1)OCO2)c1cc(CN(Cc2ccccc2)C(=O)COc2ccccc2)on1. The molecule has 0 saturated heterocycles. The first-order valence-corrected chi connectivity index (χ1v) is 11.8. The van der Waals surface area contributed by atoms with Crippen LogP contribution in [-0.2, 0) is 24.4 Å². The lowest BCUT2D eigenvalue weighted by Crippen LogP contribution is -2.34. The van der Waals surface area contributed by atoms with E-state index in [-0.39, 0.29) is 44.0 Å². The van der Waals surface area contributed by atoms with Gasteiger partial charge in [0.25, 0.3) is 11.8 Å². The summed E-state index contributed by atoms with van der Waals surface area (Å²) in [6.45, 7) is 0.828. The predicted molar refractivity (Wildman–Crippen MR) is 133 cm³/mol. The third kappa shape index (κ3) is 6.26. The van der Waals surface area contributed by atoms with Crippen molar-refractivity contribution in [3.8, 4) is 17.2 Å². The molecule has 37 heavy (non-hydrogen) atoms. The van der Waals surface area contributed by atoms with Gasteiger partial charge in [-0.05, 0) is 35.4 Å².